The van der Waals surface area contributed by atoms with Gasteiger partial charge in [0.05, 0.1) is 23.7 Å². The summed E-state index contributed by atoms with van der Waals surface area (Å²) < 4.78 is 7.47. The SMILES string of the molecule is COc1cc([C@@H]2c3sc(=O)n(CC(=O)Nc4ccc(Cl)cc4)c3S[C@@H]3C(=O)N(c4ccc(Br)cc4)C(=O)[C@H]23)ccc1O. The number of aromatic nitrogens is 1. The molecule has 13 heteroatoms. The third-order valence-electron chi connectivity index (χ3n) is 7.13. The minimum absolute atomic E-state index is 0.0850. The molecule has 42 heavy (non-hydrogen) atoms. The van der Waals surface area contributed by atoms with Crippen LogP contribution in [0.5, 0.6) is 11.5 Å². The quantitative estimate of drug-likeness (QED) is 0.258. The monoisotopic (exact) mass is 685 g/mol. The molecular weight excluding hydrogens is 666 g/mol. The highest BCUT2D eigenvalue weighted by atomic mass is 79.9. The summed E-state index contributed by atoms with van der Waals surface area (Å²) in [5.74, 6) is -2.66. The van der Waals surface area contributed by atoms with Crippen LogP contribution in [0.1, 0.15) is 16.4 Å². The molecule has 4 aromatic rings. The molecule has 1 saturated heterocycles. The Balaban J connectivity index is 1.43. The number of carbonyl (C=O) groups is 3. The fourth-order valence-electron chi connectivity index (χ4n) is 5.22. The second-order valence-corrected chi connectivity index (χ2v) is 13.1. The largest absolute Gasteiger partial charge is 0.504 e. The zero-order valence-electron chi connectivity index (χ0n) is 21.7. The average molecular weight is 687 g/mol. The van der Waals surface area contributed by atoms with E-state index in [4.69, 9.17) is 16.3 Å². The van der Waals surface area contributed by atoms with Gasteiger partial charge in [-0.25, -0.2) is 4.90 Å². The third kappa shape index (κ3) is 5.02. The number of aromatic hydroxyl groups is 1. The number of methoxy groups -OCH3 is 1. The zero-order valence-corrected chi connectivity index (χ0v) is 25.7. The number of anilines is 2. The van der Waals surface area contributed by atoms with Gasteiger partial charge >= 0.3 is 4.87 Å². The van der Waals surface area contributed by atoms with Crippen LogP contribution >= 0.6 is 50.6 Å². The molecular formula is C29H21BrClN3O6S2. The Morgan fingerprint density at radius 2 is 1.76 bits per heavy atom. The normalized spacial score (nSPS) is 19.4. The van der Waals surface area contributed by atoms with Gasteiger partial charge in [-0.1, -0.05) is 56.7 Å². The summed E-state index contributed by atoms with van der Waals surface area (Å²) in [6.45, 7) is -0.290. The van der Waals surface area contributed by atoms with E-state index in [-0.39, 0.29) is 22.9 Å². The molecule has 3 amide bonds. The number of ether oxygens (including phenoxy) is 1. The number of carbonyl (C=O) groups excluding carboxylic acids is 3. The van der Waals surface area contributed by atoms with Crippen LogP contribution < -0.4 is 19.8 Å². The zero-order chi connectivity index (χ0) is 29.7. The second kappa shape index (κ2) is 11.3. The van der Waals surface area contributed by atoms with Crippen LogP contribution in [0.25, 0.3) is 0 Å². The molecule has 6 rings (SSSR count). The first-order chi connectivity index (χ1) is 20.2. The predicted molar refractivity (Wildman–Crippen MR) is 165 cm³/mol. The number of amides is 3. The molecule has 3 atom stereocenters. The molecule has 2 aliphatic heterocycles. The number of hydrogen-bond acceptors (Lipinski definition) is 8. The highest BCUT2D eigenvalue weighted by Gasteiger charge is 2.57. The van der Waals surface area contributed by atoms with Crippen molar-refractivity contribution in [2.24, 2.45) is 5.92 Å². The summed E-state index contributed by atoms with van der Waals surface area (Å²) in [6, 6.07) is 18.2. The molecule has 3 heterocycles. The van der Waals surface area contributed by atoms with Gasteiger partial charge in [0, 0.05) is 26.0 Å². The summed E-state index contributed by atoms with van der Waals surface area (Å²) in [5.41, 5.74) is 1.55. The van der Waals surface area contributed by atoms with Crippen LogP contribution in [0.2, 0.25) is 5.02 Å². The second-order valence-electron chi connectivity index (χ2n) is 9.64. The number of fused-ring (bicyclic) bond motifs is 2. The van der Waals surface area contributed by atoms with Gasteiger partial charge < -0.3 is 15.2 Å². The van der Waals surface area contributed by atoms with Crippen molar-refractivity contribution in [3.63, 3.8) is 0 Å². The van der Waals surface area contributed by atoms with E-state index in [1.54, 1.807) is 60.7 Å². The summed E-state index contributed by atoms with van der Waals surface area (Å²) in [4.78, 5) is 55.5. The molecule has 0 spiro atoms. The number of hydrogen-bond donors (Lipinski definition) is 2. The van der Waals surface area contributed by atoms with E-state index in [0.717, 1.165) is 27.6 Å². The number of halogens is 2. The summed E-state index contributed by atoms with van der Waals surface area (Å²) >= 11 is 11.4. The number of thiazole rings is 1. The van der Waals surface area contributed by atoms with Crippen LogP contribution in [0, 0.1) is 5.92 Å². The number of nitrogens with zero attached hydrogens (tertiary/aromatic N) is 2. The van der Waals surface area contributed by atoms with Crippen molar-refractivity contribution < 1.29 is 24.2 Å². The lowest BCUT2D eigenvalue weighted by molar-refractivity contribution is -0.122. The van der Waals surface area contributed by atoms with Crippen LogP contribution in [0.15, 0.2) is 81.0 Å². The number of benzene rings is 3. The minimum atomic E-state index is -0.849. The molecule has 0 bridgehead atoms. The van der Waals surface area contributed by atoms with Crippen molar-refractivity contribution in [3.8, 4) is 11.5 Å². The van der Waals surface area contributed by atoms with Gasteiger partial charge in [-0.3, -0.25) is 23.7 Å². The van der Waals surface area contributed by atoms with Crippen molar-refractivity contribution >= 4 is 79.7 Å². The van der Waals surface area contributed by atoms with Crippen LogP contribution in [0.4, 0.5) is 11.4 Å². The number of nitrogens with one attached hydrogen (secondary N) is 1. The standard InChI is InChI=1S/C29H21BrClN3O6S2/c1-40-20-12-14(2-11-19(20)35)22-23-24(27(38)34(26(23)37)18-9-3-15(30)4-10-18)41-28-25(22)42-29(39)33(28)13-21(36)32-17-7-5-16(31)6-8-17/h2-12,22-24,35H,13H2,1H3,(H,32,36)/t22-,23+,24-/m0/s1. The van der Waals surface area contributed by atoms with Gasteiger partial charge in [-0.15, -0.1) is 0 Å². The maximum atomic E-state index is 14.0. The third-order valence-corrected chi connectivity index (χ3v) is 10.5. The maximum Gasteiger partial charge on any atom is 0.308 e. The molecule has 2 N–H and O–H groups in total. The number of phenols is 1. The molecule has 0 aliphatic carbocycles. The fraction of sp³-hybridized carbons (Fsp3) is 0.172. The summed E-state index contributed by atoms with van der Waals surface area (Å²) in [7, 11) is 1.41. The summed E-state index contributed by atoms with van der Waals surface area (Å²) in [6.07, 6.45) is 0. The lowest BCUT2D eigenvalue weighted by Crippen LogP contribution is -2.33. The lowest BCUT2D eigenvalue weighted by atomic mass is 9.83. The van der Waals surface area contributed by atoms with Gasteiger partial charge in [0.15, 0.2) is 11.5 Å². The molecule has 0 unspecified atom stereocenters. The molecule has 9 nitrogen and oxygen atoms in total. The van der Waals surface area contributed by atoms with E-state index in [1.165, 1.54) is 22.6 Å². The number of phenolic OH excluding ortho intramolecular Hbond substituents is 1. The van der Waals surface area contributed by atoms with Gasteiger partial charge in [0.1, 0.15) is 11.8 Å². The topological polar surface area (TPSA) is 118 Å². The smallest absolute Gasteiger partial charge is 0.308 e. The van der Waals surface area contributed by atoms with Gasteiger partial charge in [0.25, 0.3) is 0 Å². The van der Waals surface area contributed by atoms with Crippen molar-refractivity contribution in [1.82, 2.24) is 4.57 Å². The van der Waals surface area contributed by atoms with Crippen LogP contribution in [-0.4, -0.2) is 39.8 Å². The molecule has 1 fully saturated rings. The van der Waals surface area contributed by atoms with Crippen molar-refractivity contribution in [3.05, 3.63) is 96.3 Å². The van der Waals surface area contributed by atoms with Crippen molar-refractivity contribution in [1.29, 1.82) is 0 Å². The van der Waals surface area contributed by atoms with E-state index in [1.807, 2.05) is 0 Å². The molecule has 2 aliphatic rings. The van der Waals surface area contributed by atoms with E-state index in [0.29, 0.717) is 31.9 Å². The Labute approximate surface area is 261 Å². The maximum absolute atomic E-state index is 14.0. The van der Waals surface area contributed by atoms with E-state index >= 15 is 0 Å². The van der Waals surface area contributed by atoms with E-state index < -0.39 is 34.8 Å². The molecule has 0 saturated carbocycles. The number of thioether (sulfide) groups is 1. The number of imide groups is 1. The molecule has 0 radical (unpaired) electrons. The highest BCUT2D eigenvalue weighted by Crippen LogP contribution is 2.54. The Kier molecular flexibility index (Phi) is 7.64. The Hall–Kier alpha value is -3.58. The Bertz CT molecular complexity index is 1790. The van der Waals surface area contributed by atoms with Gasteiger partial charge in [0.2, 0.25) is 17.7 Å². The van der Waals surface area contributed by atoms with E-state index in [2.05, 4.69) is 21.2 Å². The van der Waals surface area contributed by atoms with Crippen molar-refractivity contribution in [2.75, 3.05) is 17.3 Å². The van der Waals surface area contributed by atoms with Gasteiger partial charge in [-0.2, -0.15) is 0 Å². The van der Waals surface area contributed by atoms with E-state index in [9.17, 15) is 24.3 Å². The van der Waals surface area contributed by atoms with Crippen molar-refractivity contribution in [2.45, 2.75) is 22.7 Å². The average Bonchev–Trinajstić information content (AvgIpc) is 3.41. The van der Waals surface area contributed by atoms with Crippen LogP contribution in [-0.2, 0) is 20.9 Å². The Morgan fingerprint density at radius 3 is 2.45 bits per heavy atom. The summed E-state index contributed by atoms with van der Waals surface area (Å²) in [5, 5.41) is 13.1. The minimum Gasteiger partial charge on any atom is -0.504 e. The molecule has 214 valence electrons. The molecule has 1 aromatic heterocycles. The van der Waals surface area contributed by atoms with Gasteiger partial charge in [-0.05, 0) is 66.2 Å². The first-order valence-electron chi connectivity index (χ1n) is 12.6. The first kappa shape index (κ1) is 28.5. The highest BCUT2D eigenvalue weighted by molar-refractivity contribution is 9.10. The fourth-order valence-corrected chi connectivity index (χ4v) is 8.39. The van der Waals surface area contributed by atoms with Crippen LogP contribution in [0.3, 0.4) is 0 Å². The molecule has 3 aromatic carbocycles. The lowest BCUT2D eigenvalue weighted by Gasteiger charge is -2.31. The number of rotatable bonds is 6. The first-order valence-corrected chi connectivity index (χ1v) is 15.5. The Morgan fingerprint density at radius 1 is 1.05 bits per heavy atom. The predicted octanol–water partition coefficient (Wildman–Crippen LogP) is 5.47.